The van der Waals surface area contributed by atoms with Crippen molar-refractivity contribution in [3.8, 4) is 11.9 Å². The third-order valence-corrected chi connectivity index (χ3v) is 17.5. The van der Waals surface area contributed by atoms with E-state index in [0.717, 1.165) is 68.7 Å². The number of nitrogens with zero attached hydrogens (tertiary/aromatic N) is 2. The molecule has 1 aromatic heterocycles. The maximum atomic E-state index is 11.4. The highest BCUT2D eigenvalue weighted by Crippen LogP contribution is 2.71. The van der Waals surface area contributed by atoms with Crippen molar-refractivity contribution in [1.82, 2.24) is 10.3 Å². The zero-order valence-electron chi connectivity index (χ0n) is 33.6. The first-order valence-corrected chi connectivity index (χ1v) is 22.0. The molecular formula is C48H69N3O2. The molecule has 10 unspecified atom stereocenters. The van der Waals surface area contributed by atoms with Gasteiger partial charge in [-0.15, -0.1) is 0 Å². The van der Waals surface area contributed by atoms with Crippen LogP contribution in [0.2, 0.25) is 0 Å². The highest BCUT2D eigenvalue weighted by molar-refractivity contribution is 5.39. The molecule has 5 heteroatoms. The van der Waals surface area contributed by atoms with Crippen LogP contribution in [0.25, 0.3) is 0 Å². The second-order valence-corrected chi connectivity index (χ2v) is 20.0. The largest absolute Gasteiger partial charge is 0.476 e. The molecule has 0 amide bonds. The number of aliphatic hydroxyl groups is 1. The molecule has 0 spiro atoms. The molecular weight excluding hydrogens is 651 g/mol. The SMILES string of the molecule is C=C(C)[C@@H]1CCC2(NCCC3(O)CCCCC3)CCC3C(CCC4C5(C)CC=C(C6=CCC(COc7ncccc7C#N)CC6)C(C)C5CCC34C)C12. The third-order valence-electron chi connectivity index (χ3n) is 17.5. The van der Waals surface area contributed by atoms with Crippen molar-refractivity contribution in [3.63, 3.8) is 0 Å². The number of rotatable bonds is 9. The minimum Gasteiger partial charge on any atom is -0.476 e. The zero-order valence-corrected chi connectivity index (χ0v) is 33.6. The first kappa shape index (κ1) is 37.5. The van der Waals surface area contributed by atoms with Crippen molar-refractivity contribution in [3.05, 3.63) is 59.3 Å². The van der Waals surface area contributed by atoms with E-state index in [-0.39, 0.29) is 5.54 Å². The molecule has 1 heterocycles. The average molecular weight is 720 g/mol. The lowest BCUT2D eigenvalue weighted by Gasteiger charge is -2.67. The van der Waals surface area contributed by atoms with E-state index in [1.165, 1.54) is 82.6 Å². The van der Waals surface area contributed by atoms with Gasteiger partial charge in [-0.05, 0) is 191 Å². The van der Waals surface area contributed by atoms with E-state index < -0.39 is 5.60 Å². The molecule has 2 N–H and O–H groups in total. The number of pyridine rings is 1. The molecule has 5 fully saturated rings. The fourth-order valence-electron chi connectivity index (χ4n) is 14.9. The fourth-order valence-corrected chi connectivity index (χ4v) is 14.9. The van der Waals surface area contributed by atoms with Crippen LogP contribution in [0, 0.1) is 69.5 Å². The van der Waals surface area contributed by atoms with Gasteiger partial charge in [0.25, 0.3) is 0 Å². The topological polar surface area (TPSA) is 78.2 Å². The Morgan fingerprint density at radius 1 is 1.00 bits per heavy atom. The molecule has 0 saturated heterocycles. The van der Waals surface area contributed by atoms with Crippen LogP contribution in [0.5, 0.6) is 5.88 Å². The number of hydrogen-bond acceptors (Lipinski definition) is 5. The van der Waals surface area contributed by atoms with Gasteiger partial charge in [-0.1, -0.05) is 64.3 Å². The maximum Gasteiger partial charge on any atom is 0.231 e. The summed E-state index contributed by atoms with van der Waals surface area (Å²) in [5, 5.41) is 25.0. The van der Waals surface area contributed by atoms with Crippen LogP contribution in [0.15, 0.2) is 53.8 Å². The predicted octanol–water partition coefficient (Wildman–Crippen LogP) is 10.9. The highest BCUT2D eigenvalue weighted by Gasteiger charge is 2.65. The summed E-state index contributed by atoms with van der Waals surface area (Å²) in [7, 11) is 0. The van der Waals surface area contributed by atoms with Crippen LogP contribution in [-0.4, -0.2) is 34.4 Å². The van der Waals surface area contributed by atoms with E-state index in [1.807, 2.05) is 0 Å². The van der Waals surface area contributed by atoms with Crippen LogP contribution in [0.3, 0.4) is 0 Å². The van der Waals surface area contributed by atoms with E-state index in [4.69, 9.17) is 4.74 Å². The van der Waals surface area contributed by atoms with Crippen molar-refractivity contribution in [2.75, 3.05) is 13.2 Å². The molecule has 11 atom stereocenters. The van der Waals surface area contributed by atoms with Crippen molar-refractivity contribution >= 4 is 0 Å². The number of hydrogen-bond donors (Lipinski definition) is 2. The molecule has 288 valence electrons. The molecule has 0 radical (unpaired) electrons. The van der Waals surface area contributed by atoms with Gasteiger partial charge < -0.3 is 15.2 Å². The van der Waals surface area contributed by atoms with E-state index in [0.29, 0.717) is 52.6 Å². The second-order valence-electron chi connectivity index (χ2n) is 20.0. The van der Waals surface area contributed by atoms with Gasteiger partial charge in [-0.3, -0.25) is 0 Å². The van der Waals surface area contributed by atoms with Crippen molar-refractivity contribution in [2.24, 2.45) is 58.2 Å². The minimum absolute atomic E-state index is 0.230. The van der Waals surface area contributed by atoms with Crippen LogP contribution >= 0.6 is 0 Å². The Hall–Kier alpha value is -2.42. The maximum absolute atomic E-state index is 11.4. The lowest BCUT2D eigenvalue weighted by molar-refractivity contribution is -0.168. The zero-order chi connectivity index (χ0) is 37.0. The third kappa shape index (κ3) is 6.58. The number of aromatic nitrogens is 1. The Kier molecular flexibility index (Phi) is 10.3. The molecule has 0 aromatic carbocycles. The van der Waals surface area contributed by atoms with Gasteiger partial charge in [-0.2, -0.15) is 5.26 Å². The lowest BCUT2D eigenvalue weighted by Crippen LogP contribution is -2.63. The molecule has 7 aliphatic rings. The summed E-state index contributed by atoms with van der Waals surface area (Å²) in [6, 6.07) is 5.79. The molecule has 5 saturated carbocycles. The average Bonchev–Trinajstić information content (AvgIpc) is 3.55. The van der Waals surface area contributed by atoms with Gasteiger partial charge in [0, 0.05) is 11.7 Å². The summed E-state index contributed by atoms with van der Waals surface area (Å²) in [6.45, 7) is 16.6. The Labute approximate surface area is 321 Å². The van der Waals surface area contributed by atoms with Gasteiger partial charge in [0.05, 0.1) is 12.2 Å². The molecule has 0 aliphatic heterocycles. The first-order valence-electron chi connectivity index (χ1n) is 22.0. The summed E-state index contributed by atoms with van der Waals surface area (Å²) in [5.41, 5.74) is 5.77. The summed E-state index contributed by atoms with van der Waals surface area (Å²) < 4.78 is 6.05. The molecule has 8 rings (SSSR count). The quantitative estimate of drug-likeness (QED) is 0.248. The van der Waals surface area contributed by atoms with Gasteiger partial charge in [0.2, 0.25) is 5.88 Å². The van der Waals surface area contributed by atoms with Crippen LogP contribution in [0.1, 0.15) is 149 Å². The van der Waals surface area contributed by atoms with Crippen molar-refractivity contribution in [1.29, 1.82) is 5.26 Å². The van der Waals surface area contributed by atoms with E-state index in [2.05, 4.69) is 62.8 Å². The fraction of sp³-hybridized carbons (Fsp3) is 0.750. The van der Waals surface area contributed by atoms with Gasteiger partial charge in [-0.25, -0.2) is 4.98 Å². The number of allylic oxidation sites excluding steroid dienone is 5. The Morgan fingerprint density at radius 2 is 1.79 bits per heavy atom. The van der Waals surface area contributed by atoms with Gasteiger partial charge >= 0.3 is 0 Å². The van der Waals surface area contributed by atoms with Crippen LogP contribution in [0.4, 0.5) is 0 Å². The normalized spacial score (nSPS) is 41.7. The van der Waals surface area contributed by atoms with E-state index >= 15 is 0 Å². The number of nitrogens with one attached hydrogen (secondary N) is 1. The summed E-state index contributed by atoms with van der Waals surface area (Å²) in [5.74, 6) is 6.07. The first-order chi connectivity index (χ1) is 25.5. The Morgan fingerprint density at radius 3 is 2.55 bits per heavy atom. The second kappa shape index (κ2) is 14.6. The molecule has 7 aliphatic carbocycles. The summed E-state index contributed by atoms with van der Waals surface area (Å²) in [4.78, 5) is 4.30. The monoisotopic (exact) mass is 720 g/mol. The van der Waals surface area contributed by atoms with Gasteiger partial charge in [0.1, 0.15) is 11.6 Å². The van der Waals surface area contributed by atoms with Gasteiger partial charge in [0.15, 0.2) is 0 Å². The highest BCUT2D eigenvalue weighted by atomic mass is 16.5. The van der Waals surface area contributed by atoms with Crippen LogP contribution < -0.4 is 10.1 Å². The molecule has 1 aromatic rings. The number of nitriles is 1. The summed E-state index contributed by atoms with van der Waals surface area (Å²) >= 11 is 0. The van der Waals surface area contributed by atoms with E-state index in [9.17, 15) is 10.4 Å². The molecule has 0 bridgehead atoms. The van der Waals surface area contributed by atoms with E-state index in [1.54, 1.807) is 29.5 Å². The Bertz CT molecular complexity index is 1630. The predicted molar refractivity (Wildman–Crippen MR) is 214 cm³/mol. The van der Waals surface area contributed by atoms with Crippen molar-refractivity contribution < 1.29 is 9.84 Å². The smallest absolute Gasteiger partial charge is 0.231 e. The summed E-state index contributed by atoms with van der Waals surface area (Å²) in [6.07, 6.45) is 28.9. The lowest BCUT2D eigenvalue weighted by atomic mass is 9.38. The standard InChI is InChI=1S/C48H69N3O2/c1-32(2)37-18-25-48(51-29-27-47(52)21-7-6-8-22-47)26-20-41-39(43(37)48)15-16-42-45(4)23-17-38(33(3)40(45)19-24-46(41,42)5)35-13-11-34(12-14-35)31-53-44-36(30-49)10-9-28-50-44/h9-10,13,17,28,33-34,37,39-43,51-52H,1,6-8,11-12,14-16,18-27,29,31H2,2-5H3/t33?,34?,37-,39?,40?,41?,42?,43?,45?,46?,48?/m0/s1. The minimum atomic E-state index is -0.443. The van der Waals surface area contributed by atoms with Crippen molar-refractivity contribution in [2.45, 2.75) is 154 Å². The molecule has 5 nitrogen and oxygen atoms in total. The Balaban J connectivity index is 0.955. The van der Waals surface area contributed by atoms with Crippen LogP contribution in [-0.2, 0) is 0 Å². The number of ether oxygens (including phenoxy) is 1. The molecule has 53 heavy (non-hydrogen) atoms. The number of fused-ring (bicyclic) bond motifs is 7.